The summed E-state index contributed by atoms with van der Waals surface area (Å²) in [6.45, 7) is 4.40. The van der Waals surface area contributed by atoms with Gasteiger partial charge < -0.3 is 9.05 Å². The van der Waals surface area contributed by atoms with E-state index in [0.29, 0.717) is 21.9 Å². The molecule has 27 heavy (non-hydrogen) atoms. The number of hydrogen-bond donors (Lipinski definition) is 1. The number of carbonyl (C=O) groups excluding carboxylic acids is 1. The Labute approximate surface area is 157 Å². The van der Waals surface area contributed by atoms with E-state index in [-0.39, 0.29) is 29.5 Å². The van der Waals surface area contributed by atoms with Crippen molar-refractivity contribution in [1.82, 2.24) is 0 Å². The van der Waals surface area contributed by atoms with E-state index in [1.165, 1.54) is 0 Å². The Kier molecular flexibility index (Phi) is 4.32. The highest BCUT2D eigenvalue weighted by molar-refractivity contribution is 7.65. The molecule has 0 saturated carbocycles. The maximum absolute atomic E-state index is 13.7. The molecule has 0 unspecified atom stereocenters. The maximum atomic E-state index is 13.7. The number of hydroxylamine groups is 1. The number of rotatable bonds is 2. The van der Waals surface area contributed by atoms with Crippen LogP contribution in [0.15, 0.2) is 54.6 Å². The average Bonchev–Trinajstić information content (AvgIpc) is 2.91. The first-order valence-corrected chi connectivity index (χ1v) is 10.2. The fraction of sp³-hybridized carbons (Fsp3) is 0.250. The van der Waals surface area contributed by atoms with Gasteiger partial charge in [0.15, 0.2) is 0 Å². The topological polar surface area (TPSA) is 76.1 Å². The van der Waals surface area contributed by atoms with Crippen LogP contribution in [0.25, 0.3) is 10.9 Å². The quantitative estimate of drug-likeness (QED) is 0.466. The molecular weight excluding hydrogens is 365 g/mol. The number of anilines is 1. The van der Waals surface area contributed by atoms with Crippen molar-refractivity contribution >= 4 is 30.1 Å². The van der Waals surface area contributed by atoms with Gasteiger partial charge in [-0.25, -0.2) is 0 Å². The number of hydrogen-bond acceptors (Lipinski definition) is 5. The SMILES string of the molecule is CC1(C)COP(=O)(/C(=C2/C(=O)N(O)c3ccccc32)c2ccccc2)OC1. The molecule has 0 bridgehead atoms. The molecule has 140 valence electrons. The van der Waals surface area contributed by atoms with Gasteiger partial charge in [0.05, 0.1) is 29.8 Å². The molecule has 2 heterocycles. The highest BCUT2D eigenvalue weighted by Crippen LogP contribution is 2.66. The van der Waals surface area contributed by atoms with Gasteiger partial charge in [-0.2, -0.15) is 5.06 Å². The van der Waals surface area contributed by atoms with Crippen LogP contribution in [0, 0.1) is 5.41 Å². The van der Waals surface area contributed by atoms with Crippen LogP contribution >= 0.6 is 7.60 Å². The first-order chi connectivity index (χ1) is 12.8. The van der Waals surface area contributed by atoms with Gasteiger partial charge in [-0.3, -0.25) is 14.6 Å². The molecule has 2 aromatic carbocycles. The van der Waals surface area contributed by atoms with E-state index in [2.05, 4.69) is 0 Å². The lowest BCUT2D eigenvalue weighted by Gasteiger charge is -2.35. The molecular formula is C20H20NO5P. The van der Waals surface area contributed by atoms with E-state index in [0.717, 1.165) is 0 Å². The van der Waals surface area contributed by atoms with E-state index in [1.807, 2.05) is 19.9 Å². The lowest BCUT2D eigenvalue weighted by atomic mass is 9.97. The van der Waals surface area contributed by atoms with Crippen molar-refractivity contribution in [2.75, 3.05) is 18.3 Å². The second kappa shape index (κ2) is 6.43. The summed E-state index contributed by atoms with van der Waals surface area (Å²) in [5.74, 6) is -0.651. The van der Waals surface area contributed by atoms with Gasteiger partial charge >= 0.3 is 7.60 Å². The molecule has 2 aliphatic rings. The zero-order chi connectivity index (χ0) is 19.2. The van der Waals surface area contributed by atoms with Crippen LogP contribution in [0.4, 0.5) is 5.69 Å². The summed E-state index contributed by atoms with van der Waals surface area (Å²) in [5.41, 5.74) is 1.27. The first kappa shape index (κ1) is 18.1. The van der Waals surface area contributed by atoms with Crippen molar-refractivity contribution in [3.63, 3.8) is 0 Å². The summed E-state index contributed by atoms with van der Waals surface area (Å²) >= 11 is 0. The van der Waals surface area contributed by atoms with Crippen molar-refractivity contribution in [3.05, 3.63) is 65.7 Å². The number of nitrogens with zero attached hydrogens (tertiary/aromatic N) is 1. The Hall–Kier alpha value is -2.24. The molecule has 1 saturated heterocycles. The van der Waals surface area contributed by atoms with Crippen LogP contribution in [0.3, 0.4) is 0 Å². The highest BCUT2D eigenvalue weighted by Gasteiger charge is 2.45. The Morgan fingerprint density at radius 2 is 1.63 bits per heavy atom. The number of para-hydroxylation sites is 1. The second-order valence-corrected chi connectivity index (χ2v) is 9.39. The highest BCUT2D eigenvalue weighted by atomic mass is 31.2. The van der Waals surface area contributed by atoms with Crippen LogP contribution in [0.5, 0.6) is 0 Å². The smallest absolute Gasteiger partial charge is 0.305 e. The van der Waals surface area contributed by atoms with Crippen molar-refractivity contribution in [3.8, 4) is 0 Å². The predicted octanol–water partition coefficient (Wildman–Crippen LogP) is 4.56. The zero-order valence-electron chi connectivity index (χ0n) is 15.1. The molecule has 0 aliphatic carbocycles. The minimum absolute atomic E-state index is 0.141. The lowest BCUT2D eigenvalue weighted by Crippen LogP contribution is -2.30. The Balaban J connectivity index is 1.97. The third-order valence-electron chi connectivity index (χ3n) is 4.62. The third-order valence-corrected chi connectivity index (χ3v) is 6.58. The lowest BCUT2D eigenvalue weighted by molar-refractivity contribution is -0.117. The van der Waals surface area contributed by atoms with E-state index in [4.69, 9.17) is 9.05 Å². The van der Waals surface area contributed by atoms with Crippen LogP contribution in [-0.4, -0.2) is 24.3 Å². The first-order valence-electron chi connectivity index (χ1n) is 8.65. The molecule has 6 nitrogen and oxygen atoms in total. The van der Waals surface area contributed by atoms with Gasteiger partial charge in [-0.15, -0.1) is 0 Å². The summed E-state index contributed by atoms with van der Waals surface area (Å²) in [4.78, 5) is 12.9. The number of carbonyl (C=O) groups is 1. The molecule has 2 aliphatic heterocycles. The molecule has 0 radical (unpaired) electrons. The molecule has 4 rings (SSSR count). The summed E-state index contributed by atoms with van der Waals surface area (Å²) < 4.78 is 25.2. The van der Waals surface area contributed by atoms with E-state index < -0.39 is 13.5 Å². The average molecular weight is 385 g/mol. The fourth-order valence-corrected chi connectivity index (χ4v) is 5.52. The van der Waals surface area contributed by atoms with Crippen LogP contribution in [-0.2, 0) is 18.4 Å². The molecule has 0 spiro atoms. The molecule has 7 heteroatoms. The van der Waals surface area contributed by atoms with Crippen LogP contribution in [0.1, 0.15) is 25.0 Å². The number of amides is 1. The van der Waals surface area contributed by atoms with Gasteiger partial charge in [0.1, 0.15) is 0 Å². The normalized spacial score (nSPS) is 22.5. The Morgan fingerprint density at radius 3 is 2.30 bits per heavy atom. The maximum Gasteiger partial charge on any atom is 0.362 e. The van der Waals surface area contributed by atoms with Gasteiger partial charge in [-0.05, 0) is 11.6 Å². The van der Waals surface area contributed by atoms with Crippen molar-refractivity contribution in [2.45, 2.75) is 13.8 Å². The number of fused-ring (bicyclic) bond motifs is 1. The zero-order valence-corrected chi connectivity index (χ0v) is 16.0. The van der Waals surface area contributed by atoms with Gasteiger partial charge in [-0.1, -0.05) is 62.4 Å². The monoisotopic (exact) mass is 385 g/mol. The second-order valence-electron chi connectivity index (χ2n) is 7.43. The Bertz CT molecular complexity index is 969. The van der Waals surface area contributed by atoms with Crippen molar-refractivity contribution < 1.29 is 23.6 Å². The van der Waals surface area contributed by atoms with Crippen molar-refractivity contribution in [2.24, 2.45) is 5.41 Å². The largest absolute Gasteiger partial charge is 0.362 e. The summed E-state index contributed by atoms with van der Waals surface area (Å²) in [7, 11) is -3.77. The van der Waals surface area contributed by atoms with Gasteiger partial charge in [0.2, 0.25) is 0 Å². The summed E-state index contributed by atoms with van der Waals surface area (Å²) in [5, 5.41) is 11.0. The van der Waals surface area contributed by atoms with E-state index in [9.17, 15) is 14.6 Å². The third kappa shape index (κ3) is 3.05. The van der Waals surface area contributed by atoms with Crippen LogP contribution < -0.4 is 5.06 Å². The van der Waals surface area contributed by atoms with Crippen LogP contribution in [0.2, 0.25) is 0 Å². The number of benzene rings is 2. The molecule has 0 aromatic heterocycles. The van der Waals surface area contributed by atoms with Gasteiger partial charge in [0.25, 0.3) is 5.91 Å². The Morgan fingerprint density at radius 1 is 1.04 bits per heavy atom. The predicted molar refractivity (Wildman–Crippen MR) is 102 cm³/mol. The van der Waals surface area contributed by atoms with E-state index in [1.54, 1.807) is 48.5 Å². The van der Waals surface area contributed by atoms with Gasteiger partial charge in [0, 0.05) is 11.0 Å². The molecule has 1 N–H and O–H groups in total. The summed E-state index contributed by atoms with van der Waals surface area (Å²) in [6.07, 6.45) is 0. The fourth-order valence-electron chi connectivity index (χ4n) is 3.19. The minimum Gasteiger partial charge on any atom is -0.305 e. The van der Waals surface area contributed by atoms with E-state index >= 15 is 0 Å². The minimum atomic E-state index is -3.77. The molecule has 0 atom stereocenters. The molecule has 1 amide bonds. The summed E-state index contributed by atoms with van der Waals surface area (Å²) in [6, 6.07) is 15.7. The standard InChI is InChI=1S/C20H20NO5P/c1-20(2)12-25-27(24,26-13-20)18(14-8-4-3-5-9-14)17-15-10-6-7-11-16(15)21(23)19(17)22/h3-11,23H,12-13H2,1-2H3/b18-17+. The molecule has 2 aromatic rings. The van der Waals surface area contributed by atoms with Crippen molar-refractivity contribution in [1.29, 1.82) is 0 Å². The molecule has 1 fully saturated rings.